The van der Waals surface area contributed by atoms with Crippen LogP contribution in [0.3, 0.4) is 0 Å². The van der Waals surface area contributed by atoms with Crippen LogP contribution in [-0.4, -0.2) is 30.4 Å². The van der Waals surface area contributed by atoms with Crippen LogP contribution in [0, 0.1) is 0 Å². The summed E-state index contributed by atoms with van der Waals surface area (Å²) in [5.74, 6) is 0.554. The number of ether oxygens (including phenoxy) is 3. The fourth-order valence-corrected chi connectivity index (χ4v) is 3.29. The molecule has 9 heteroatoms. The zero-order valence-electron chi connectivity index (χ0n) is 15.3. The van der Waals surface area contributed by atoms with Crippen LogP contribution < -0.4 is 20.1 Å². The predicted octanol–water partition coefficient (Wildman–Crippen LogP) is 4.12. The average Bonchev–Trinajstić information content (AvgIpc) is 3.14. The van der Waals surface area contributed by atoms with Gasteiger partial charge in [0.1, 0.15) is 5.56 Å². The van der Waals surface area contributed by atoms with E-state index in [1.807, 2.05) is 0 Å². The number of esters is 1. The van der Waals surface area contributed by atoms with Crippen molar-refractivity contribution in [1.29, 1.82) is 0 Å². The molecule has 0 unspecified atom stereocenters. The molecule has 3 aromatic rings. The van der Waals surface area contributed by atoms with Crippen molar-refractivity contribution in [2.24, 2.45) is 5.73 Å². The molecule has 2 amide bonds. The molecule has 2 heterocycles. The van der Waals surface area contributed by atoms with Gasteiger partial charge < -0.3 is 19.9 Å². The lowest BCUT2D eigenvalue weighted by Gasteiger charge is -2.22. The smallest absolute Gasteiger partial charge is 0.341 e. The summed E-state index contributed by atoms with van der Waals surface area (Å²) in [5, 5.41) is 0.640. The number of nitrogens with two attached hydrogens (primary N) is 1. The Kier molecular flexibility index (Phi) is 4.98. The first kappa shape index (κ1) is 19.0. The molecule has 1 aliphatic heterocycles. The van der Waals surface area contributed by atoms with Crippen LogP contribution in [0.15, 0.2) is 46.9 Å². The van der Waals surface area contributed by atoms with Crippen molar-refractivity contribution < 1.29 is 23.8 Å². The highest BCUT2D eigenvalue weighted by atomic mass is 79.9. The Morgan fingerprint density at radius 1 is 1.17 bits per heavy atom. The summed E-state index contributed by atoms with van der Waals surface area (Å²) in [6.07, 6.45) is 0. The molecule has 148 valence electrons. The summed E-state index contributed by atoms with van der Waals surface area (Å²) in [7, 11) is 0. The van der Waals surface area contributed by atoms with Crippen molar-refractivity contribution in [3.63, 3.8) is 0 Å². The van der Waals surface area contributed by atoms with Gasteiger partial charge in [-0.15, -0.1) is 0 Å². The number of halogens is 1. The minimum atomic E-state index is -0.787. The van der Waals surface area contributed by atoms with Gasteiger partial charge in [-0.25, -0.2) is 19.5 Å². The standard InChI is InChI=1S/C20H16BrN3O5/c1-2-27-19(25)14-7-11-8-16-17(29-10-28-16)9-15(11)23-18(14)24(20(22)26)13-5-3-12(21)4-6-13/h3-9H,2,10H2,1H3,(H2,22,26). The fourth-order valence-electron chi connectivity index (χ4n) is 3.03. The molecule has 1 aliphatic rings. The number of fused-ring (bicyclic) bond motifs is 2. The molecule has 0 atom stereocenters. The Morgan fingerprint density at radius 3 is 2.52 bits per heavy atom. The van der Waals surface area contributed by atoms with Crippen LogP contribution in [0.5, 0.6) is 11.5 Å². The zero-order valence-corrected chi connectivity index (χ0v) is 16.9. The zero-order chi connectivity index (χ0) is 20.5. The number of urea groups is 1. The first-order chi connectivity index (χ1) is 14.0. The van der Waals surface area contributed by atoms with E-state index in [4.69, 9.17) is 19.9 Å². The molecule has 0 bridgehead atoms. The number of carbonyl (C=O) groups excluding carboxylic acids is 2. The van der Waals surface area contributed by atoms with Gasteiger partial charge in [0.25, 0.3) is 0 Å². The van der Waals surface area contributed by atoms with Crippen LogP contribution in [0.4, 0.5) is 16.3 Å². The summed E-state index contributed by atoms with van der Waals surface area (Å²) >= 11 is 3.36. The number of pyridine rings is 1. The Labute approximate surface area is 174 Å². The second kappa shape index (κ2) is 7.59. The van der Waals surface area contributed by atoms with Crippen molar-refractivity contribution in [3.8, 4) is 11.5 Å². The lowest BCUT2D eigenvalue weighted by Crippen LogP contribution is -2.33. The molecule has 8 nitrogen and oxygen atoms in total. The molecule has 29 heavy (non-hydrogen) atoms. The Morgan fingerprint density at radius 2 is 1.86 bits per heavy atom. The number of rotatable bonds is 4. The van der Waals surface area contributed by atoms with E-state index in [9.17, 15) is 9.59 Å². The quantitative estimate of drug-likeness (QED) is 0.590. The summed E-state index contributed by atoms with van der Waals surface area (Å²) in [5.41, 5.74) is 6.74. The lowest BCUT2D eigenvalue weighted by molar-refractivity contribution is 0.0527. The Hall–Kier alpha value is -3.33. The van der Waals surface area contributed by atoms with E-state index in [0.717, 1.165) is 4.47 Å². The van der Waals surface area contributed by atoms with Crippen molar-refractivity contribution in [2.45, 2.75) is 6.92 Å². The molecule has 0 aliphatic carbocycles. The Bertz CT molecular complexity index is 1120. The number of aromatic nitrogens is 1. The normalized spacial score (nSPS) is 12.1. The van der Waals surface area contributed by atoms with Crippen LogP contribution >= 0.6 is 15.9 Å². The minimum Gasteiger partial charge on any atom is -0.462 e. The molecular formula is C20H16BrN3O5. The summed E-state index contributed by atoms with van der Waals surface area (Å²) in [6, 6.07) is 11.1. The maximum absolute atomic E-state index is 12.7. The molecule has 4 rings (SSSR count). The molecule has 0 saturated heterocycles. The summed E-state index contributed by atoms with van der Waals surface area (Å²) < 4.78 is 16.8. The number of benzene rings is 2. The van der Waals surface area contributed by atoms with Gasteiger partial charge in [-0.1, -0.05) is 15.9 Å². The molecular weight excluding hydrogens is 442 g/mol. The topological polar surface area (TPSA) is 104 Å². The highest BCUT2D eigenvalue weighted by molar-refractivity contribution is 9.10. The fraction of sp³-hybridized carbons (Fsp3) is 0.150. The van der Waals surface area contributed by atoms with E-state index >= 15 is 0 Å². The van der Waals surface area contributed by atoms with Crippen LogP contribution in [0.25, 0.3) is 10.9 Å². The van der Waals surface area contributed by atoms with Crippen LogP contribution in [-0.2, 0) is 4.74 Å². The lowest BCUT2D eigenvalue weighted by atomic mass is 10.1. The van der Waals surface area contributed by atoms with Gasteiger partial charge in [0.05, 0.1) is 17.8 Å². The SMILES string of the molecule is CCOC(=O)c1cc2cc3c(cc2nc1N(C(N)=O)c1ccc(Br)cc1)OCO3. The van der Waals surface area contributed by atoms with E-state index in [1.54, 1.807) is 49.4 Å². The molecule has 0 fully saturated rings. The number of carbonyl (C=O) groups is 2. The van der Waals surface area contributed by atoms with Crippen molar-refractivity contribution in [2.75, 3.05) is 18.3 Å². The molecule has 0 saturated carbocycles. The third kappa shape index (κ3) is 3.56. The average molecular weight is 458 g/mol. The second-order valence-electron chi connectivity index (χ2n) is 6.13. The van der Waals surface area contributed by atoms with E-state index in [0.29, 0.717) is 28.1 Å². The maximum atomic E-state index is 12.7. The molecule has 0 spiro atoms. The van der Waals surface area contributed by atoms with Gasteiger partial charge >= 0.3 is 12.0 Å². The number of primary amides is 1. The monoisotopic (exact) mass is 457 g/mol. The predicted molar refractivity (Wildman–Crippen MR) is 110 cm³/mol. The van der Waals surface area contributed by atoms with Gasteiger partial charge in [-0.3, -0.25) is 0 Å². The highest BCUT2D eigenvalue weighted by Crippen LogP contribution is 2.38. The number of nitrogens with zero attached hydrogens (tertiary/aromatic N) is 2. The highest BCUT2D eigenvalue weighted by Gasteiger charge is 2.26. The first-order valence-electron chi connectivity index (χ1n) is 8.74. The maximum Gasteiger partial charge on any atom is 0.341 e. The summed E-state index contributed by atoms with van der Waals surface area (Å²) in [4.78, 5) is 30.7. The van der Waals surface area contributed by atoms with Gasteiger partial charge in [0.15, 0.2) is 17.3 Å². The van der Waals surface area contributed by atoms with Crippen molar-refractivity contribution >= 4 is 50.3 Å². The van der Waals surface area contributed by atoms with Gasteiger partial charge in [0, 0.05) is 15.9 Å². The molecule has 1 aromatic heterocycles. The van der Waals surface area contributed by atoms with E-state index < -0.39 is 12.0 Å². The largest absolute Gasteiger partial charge is 0.462 e. The molecule has 2 aromatic carbocycles. The molecule has 0 radical (unpaired) electrons. The first-order valence-corrected chi connectivity index (χ1v) is 9.54. The Balaban J connectivity index is 1.94. The number of amides is 2. The van der Waals surface area contributed by atoms with Gasteiger partial charge in [0.2, 0.25) is 6.79 Å². The minimum absolute atomic E-state index is 0.0737. The van der Waals surface area contributed by atoms with Gasteiger partial charge in [-0.05, 0) is 43.3 Å². The molecule has 2 N–H and O–H groups in total. The second-order valence-corrected chi connectivity index (χ2v) is 7.04. The van der Waals surface area contributed by atoms with E-state index in [1.165, 1.54) is 4.90 Å². The van der Waals surface area contributed by atoms with Crippen LogP contribution in [0.2, 0.25) is 0 Å². The van der Waals surface area contributed by atoms with Crippen molar-refractivity contribution in [1.82, 2.24) is 4.98 Å². The van der Waals surface area contributed by atoms with Gasteiger partial charge in [-0.2, -0.15) is 0 Å². The number of anilines is 2. The summed E-state index contributed by atoms with van der Waals surface area (Å²) in [6.45, 7) is 1.98. The third-order valence-electron chi connectivity index (χ3n) is 4.30. The van der Waals surface area contributed by atoms with E-state index in [2.05, 4.69) is 20.9 Å². The number of hydrogen-bond acceptors (Lipinski definition) is 6. The van der Waals surface area contributed by atoms with E-state index in [-0.39, 0.29) is 24.8 Å². The van der Waals surface area contributed by atoms with Crippen LogP contribution in [0.1, 0.15) is 17.3 Å². The van der Waals surface area contributed by atoms with Crippen molar-refractivity contribution in [3.05, 3.63) is 52.5 Å². The third-order valence-corrected chi connectivity index (χ3v) is 4.83. The number of hydrogen-bond donors (Lipinski definition) is 1.